The molecule has 0 aromatic heterocycles. The van der Waals surface area contributed by atoms with Crippen LogP contribution < -0.4 is 4.90 Å². The predicted octanol–water partition coefficient (Wildman–Crippen LogP) is 11.9. The van der Waals surface area contributed by atoms with E-state index >= 15 is 0 Å². The molecular weight excluding hydrogens is 530 g/mol. The molecule has 0 saturated heterocycles. The lowest BCUT2D eigenvalue weighted by molar-refractivity contribution is 1.03. The molecule has 0 radical (unpaired) electrons. The van der Waals surface area contributed by atoms with Crippen molar-refractivity contribution in [3.05, 3.63) is 152 Å². The zero-order valence-electron chi connectivity index (χ0n) is 28.1. The smallest absolute Gasteiger partial charge is 0.0438 e. The predicted molar refractivity (Wildman–Crippen MR) is 194 cm³/mol. The van der Waals surface area contributed by atoms with E-state index in [-0.39, 0.29) is 0 Å². The van der Waals surface area contributed by atoms with Gasteiger partial charge in [-0.2, -0.15) is 0 Å². The number of hydrogen-bond acceptors (Lipinski definition) is 1. The van der Waals surface area contributed by atoms with E-state index in [1.165, 1.54) is 83.8 Å². The summed E-state index contributed by atoms with van der Waals surface area (Å²) in [7, 11) is 2.22. The standard InChI is InChI=1S/C43H49N/c1-9-29(2)43(37-24-22-36(23-25-37)35-17-11-10-12-18-35)34(7)44(8)42-21-15-19-38(33(42)6)28-39-26-27-41(32(5)31(39)4)40-20-14-13-16-30(40)3/h9,11,13,15-19,21-27H,10,12,14,20,28H2,1-8H3/b29-9-,43-34+. The van der Waals surface area contributed by atoms with Gasteiger partial charge in [0.1, 0.15) is 0 Å². The third-order valence-corrected chi connectivity index (χ3v) is 9.98. The number of nitrogens with zero attached hydrogens (tertiary/aromatic N) is 1. The summed E-state index contributed by atoms with van der Waals surface area (Å²) in [4.78, 5) is 2.38. The van der Waals surface area contributed by atoms with Crippen LogP contribution in [0.3, 0.4) is 0 Å². The maximum Gasteiger partial charge on any atom is 0.0438 e. The quantitative estimate of drug-likeness (QED) is 0.240. The number of anilines is 1. The second-order valence-corrected chi connectivity index (χ2v) is 12.6. The summed E-state index contributed by atoms with van der Waals surface area (Å²) in [6.07, 6.45) is 19.2. The van der Waals surface area contributed by atoms with E-state index in [1.807, 2.05) is 0 Å². The minimum Gasteiger partial charge on any atom is -0.348 e. The van der Waals surface area contributed by atoms with Gasteiger partial charge in [0.05, 0.1) is 0 Å². The normalized spacial score (nSPS) is 15.8. The zero-order valence-corrected chi connectivity index (χ0v) is 28.1. The van der Waals surface area contributed by atoms with E-state index in [4.69, 9.17) is 0 Å². The molecule has 0 heterocycles. The summed E-state index contributed by atoms with van der Waals surface area (Å²) < 4.78 is 0. The van der Waals surface area contributed by atoms with Crippen molar-refractivity contribution in [3.8, 4) is 0 Å². The fourth-order valence-corrected chi connectivity index (χ4v) is 6.83. The van der Waals surface area contributed by atoms with Crippen molar-refractivity contribution < 1.29 is 0 Å². The molecule has 1 heteroatoms. The Morgan fingerprint density at radius 1 is 0.773 bits per heavy atom. The van der Waals surface area contributed by atoms with Crippen LogP contribution in [0.1, 0.15) is 97.9 Å². The van der Waals surface area contributed by atoms with Gasteiger partial charge in [-0.15, -0.1) is 0 Å². The van der Waals surface area contributed by atoms with Crippen molar-refractivity contribution in [2.24, 2.45) is 0 Å². The van der Waals surface area contributed by atoms with Gasteiger partial charge in [0.25, 0.3) is 0 Å². The van der Waals surface area contributed by atoms with Gasteiger partial charge in [-0.05, 0) is 153 Å². The molecule has 2 aliphatic carbocycles. The first-order valence-corrected chi connectivity index (χ1v) is 16.3. The van der Waals surface area contributed by atoms with Crippen LogP contribution in [0.5, 0.6) is 0 Å². The average molecular weight is 580 g/mol. The SMILES string of the molecule is C/C=C(C)\C(=C(\C)N(C)c1cccc(Cc2ccc(C3=C(C)C=CCC3)c(C)c2C)c1C)c1ccc(C2=CCCC=C2)cc1. The molecule has 0 bridgehead atoms. The first kappa shape index (κ1) is 31.3. The molecule has 226 valence electrons. The van der Waals surface area contributed by atoms with Crippen molar-refractivity contribution in [2.75, 3.05) is 11.9 Å². The van der Waals surface area contributed by atoms with Crippen LogP contribution in [0.15, 0.2) is 108 Å². The molecule has 0 N–H and O–H groups in total. The summed E-state index contributed by atoms with van der Waals surface area (Å²) in [5.74, 6) is 0. The first-order valence-electron chi connectivity index (χ1n) is 16.3. The van der Waals surface area contributed by atoms with Gasteiger partial charge in [-0.3, -0.25) is 0 Å². The van der Waals surface area contributed by atoms with Crippen LogP contribution in [0.25, 0.3) is 16.7 Å². The Balaban J connectivity index is 1.46. The van der Waals surface area contributed by atoms with E-state index < -0.39 is 0 Å². The Bertz CT molecular complexity index is 1730. The summed E-state index contributed by atoms with van der Waals surface area (Å²) in [6, 6.07) is 20.7. The van der Waals surface area contributed by atoms with Gasteiger partial charge in [0.2, 0.25) is 0 Å². The number of rotatable bonds is 8. The Labute approximate surface area is 266 Å². The largest absolute Gasteiger partial charge is 0.348 e. The molecule has 5 rings (SSSR count). The number of hydrogen-bond donors (Lipinski definition) is 0. The molecule has 0 saturated carbocycles. The molecule has 44 heavy (non-hydrogen) atoms. The van der Waals surface area contributed by atoms with Gasteiger partial charge in [0.15, 0.2) is 0 Å². The summed E-state index contributed by atoms with van der Waals surface area (Å²) in [6.45, 7) is 15.8. The Hall–Kier alpha value is -4.10. The van der Waals surface area contributed by atoms with Crippen molar-refractivity contribution in [1.82, 2.24) is 0 Å². The maximum atomic E-state index is 2.38. The van der Waals surface area contributed by atoms with Crippen LogP contribution in [0.4, 0.5) is 5.69 Å². The highest BCUT2D eigenvalue weighted by atomic mass is 15.1. The summed E-state index contributed by atoms with van der Waals surface area (Å²) >= 11 is 0. The van der Waals surface area contributed by atoms with Crippen LogP contribution >= 0.6 is 0 Å². The summed E-state index contributed by atoms with van der Waals surface area (Å²) in [5, 5.41) is 0. The van der Waals surface area contributed by atoms with Gasteiger partial charge in [0, 0.05) is 24.0 Å². The molecular formula is C43H49N. The fourth-order valence-electron chi connectivity index (χ4n) is 6.83. The Morgan fingerprint density at radius 2 is 1.50 bits per heavy atom. The monoisotopic (exact) mass is 579 g/mol. The third kappa shape index (κ3) is 6.39. The second kappa shape index (κ2) is 13.7. The molecule has 3 aromatic carbocycles. The van der Waals surface area contributed by atoms with Gasteiger partial charge in [-0.25, -0.2) is 0 Å². The first-order chi connectivity index (χ1) is 21.2. The number of benzene rings is 3. The minimum absolute atomic E-state index is 0.938. The zero-order chi connectivity index (χ0) is 31.4. The van der Waals surface area contributed by atoms with Crippen LogP contribution in [0.2, 0.25) is 0 Å². The fraction of sp³-hybridized carbons (Fsp3) is 0.302. The van der Waals surface area contributed by atoms with E-state index in [1.54, 1.807) is 0 Å². The maximum absolute atomic E-state index is 2.38. The highest BCUT2D eigenvalue weighted by Gasteiger charge is 2.18. The lowest BCUT2D eigenvalue weighted by Gasteiger charge is -2.27. The average Bonchev–Trinajstić information content (AvgIpc) is 3.05. The highest BCUT2D eigenvalue weighted by molar-refractivity contribution is 5.85. The third-order valence-electron chi connectivity index (χ3n) is 9.98. The van der Waals surface area contributed by atoms with E-state index in [9.17, 15) is 0 Å². The van der Waals surface area contributed by atoms with Crippen molar-refractivity contribution in [2.45, 2.75) is 80.6 Å². The minimum atomic E-state index is 0.938. The molecule has 0 aliphatic heterocycles. The van der Waals surface area contributed by atoms with Crippen LogP contribution in [-0.4, -0.2) is 7.05 Å². The van der Waals surface area contributed by atoms with Gasteiger partial charge >= 0.3 is 0 Å². The molecule has 0 unspecified atom stereocenters. The van der Waals surface area contributed by atoms with Crippen LogP contribution in [0, 0.1) is 20.8 Å². The number of allylic oxidation sites excluding steroid dienone is 12. The molecule has 0 atom stereocenters. The topological polar surface area (TPSA) is 3.24 Å². The van der Waals surface area contributed by atoms with Crippen molar-refractivity contribution in [3.63, 3.8) is 0 Å². The lowest BCUT2D eigenvalue weighted by Crippen LogP contribution is -2.18. The van der Waals surface area contributed by atoms with E-state index in [0.717, 1.165) is 32.1 Å². The van der Waals surface area contributed by atoms with Crippen LogP contribution in [-0.2, 0) is 6.42 Å². The second-order valence-electron chi connectivity index (χ2n) is 12.6. The molecule has 1 nitrogen and oxygen atoms in total. The van der Waals surface area contributed by atoms with E-state index in [0.29, 0.717) is 0 Å². The Kier molecular flexibility index (Phi) is 9.74. The molecule has 0 fully saturated rings. The lowest BCUT2D eigenvalue weighted by atomic mass is 9.85. The molecule has 2 aliphatic rings. The molecule has 0 amide bonds. The van der Waals surface area contributed by atoms with Crippen molar-refractivity contribution in [1.29, 1.82) is 0 Å². The van der Waals surface area contributed by atoms with Gasteiger partial charge in [-0.1, -0.05) is 85.0 Å². The van der Waals surface area contributed by atoms with Gasteiger partial charge < -0.3 is 4.90 Å². The molecule has 3 aromatic rings. The highest BCUT2D eigenvalue weighted by Crippen LogP contribution is 2.36. The Morgan fingerprint density at radius 3 is 2.18 bits per heavy atom. The summed E-state index contributed by atoms with van der Waals surface area (Å²) in [5.41, 5.74) is 20.3. The molecule has 0 spiro atoms. The van der Waals surface area contributed by atoms with E-state index in [2.05, 4.69) is 151 Å². The van der Waals surface area contributed by atoms with Crippen molar-refractivity contribution >= 4 is 22.4 Å².